The fourth-order valence-corrected chi connectivity index (χ4v) is 7.03. The summed E-state index contributed by atoms with van der Waals surface area (Å²) in [5.41, 5.74) is -1.75. The number of hydrogen-bond acceptors (Lipinski definition) is 5. The number of ketones is 1. The van der Waals surface area contributed by atoms with Gasteiger partial charge < -0.3 is 20.1 Å². The van der Waals surface area contributed by atoms with Crippen molar-refractivity contribution in [1.29, 1.82) is 0 Å². The first-order valence-electron chi connectivity index (χ1n) is 9.49. The van der Waals surface area contributed by atoms with Crippen LogP contribution in [0.15, 0.2) is 11.6 Å². The maximum absolute atomic E-state index is 11.9. The summed E-state index contributed by atoms with van der Waals surface area (Å²) >= 11 is 0. The fraction of sp³-hybridized carbons (Fsp3) is 0.800. The van der Waals surface area contributed by atoms with E-state index in [4.69, 9.17) is 0 Å². The van der Waals surface area contributed by atoms with E-state index in [1.165, 1.54) is 0 Å². The monoisotopic (exact) mass is 370 g/mol. The number of fused-ring (bicyclic) bond motifs is 5. The molecular weight excluding hydrogens is 343 g/mol. The Morgan fingerprint density at radius 1 is 1.23 bits per heavy atom. The predicted octanol–water partition coefficient (Wildman–Crippen LogP) is -2.03. The molecule has 0 bridgehead atoms. The van der Waals surface area contributed by atoms with Gasteiger partial charge in [0.05, 0.1) is 12.1 Å². The van der Waals surface area contributed by atoms with Gasteiger partial charge in [-0.1, -0.05) is 19.4 Å². The third kappa shape index (κ3) is 2.47. The van der Waals surface area contributed by atoms with E-state index >= 15 is 0 Å². The number of aliphatic hydroxyl groups is 2. The Kier molecular flexibility index (Phi) is 5.06. The van der Waals surface area contributed by atoms with E-state index in [2.05, 4.69) is 6.92 Å². The van der Waals surface area contributed by atoms with Crippen LogP contribution in [-0.2, 0) is 9.59 Å². The van der Waals surface area contributed by atoms with Crippen molar-refractivity contribution in [1.82, 2.24) is 0 Å². The van der Waals surface area contributed by atoms with Crippen molar-refractivity contribution >= 4 is 11.8 Å². The maximum Gasteiger partial charge on any atom is 1.00 e. The number of rotatable bonds is 1. The van der Waals surface area contributed by atoms with E-state index in [1.807, 2.05) is 6.92 Å². The van der Waals surface area contributed by atoms with Gasteiger partial charge in [-0.25, -0.2) is 0 Å². The van der Waals surface area contributed by atoms with Crippen LogP contribution in [0.3, 0.4) is 0 Å². The molecule has 4 rings (SSSR count). The fourth-order valence-electron chi connectivity index (χ4n) is 7.03. The number of allylic oxidation sites excluding steroid dienone is 1. The minimum atomic E-state index is -1.86. The minimum absolute atomic E-state index is 0. The van der Waals surface area contributed by atoms with Crippen LogP contribution in [0.5, 0.6) is 0 Å². The standard InChI is InChI=1S/C20H28O5.Na/c1-18-7-5-12(21)9-11(18)3-4-13-14-6-8-20(25,17(23)24)19(14,2)10-15(22)16(13)18;/h9,13-16,22,25H,3-8,10H2,1-2H3,(H,23,24);/q;+1/p-1/t13?,14?,15-,16?,18-,19-,20-;/m0./s1. The van der Waals surface area contributed by atoms with Crippen molar-refractivity contribution in [3.63, 3.8) is 0 Å². The summed E-state index contributed by atoms with van der Waals surface area (Å²) in [7, 11) is 0. The summed E-state index contributed by atoms with van der Waals surface area (Å²) in [6.45, 7) is 3.98. The van der Waals surface area contributed by atoms with Gasteiger partial charge in [0.1, 0.15) is 5.60 Å². The molecule has 0 aromatic carbocycles. The molecule has 4 aliphatic rings. The quantitative estimate of drug-likeness (QED) is 0.519. The molecule has 0 aromatic rings. The average molecular weight is 370 g/mol. The van der Waals surface area contributed by atoms with Gasteiger partial charge >= 0.3 is 29.6 Å². The van der Waals surface area contributed by atoms with Crippen molar-refractivity contribution < 1.29 is 54.5 Å². The van der Waals surface area contributed by atoms with Gasteiger partial charge in [0, 0.05) is 11.8 Å². The molecule has 138 valence electrons. The van der Waals surface area contributed by atoms with Gasteiger partial charge in [0.25, 0.3) is 0 Å². The molecule has 0 saturated heterocycles. The second-order valence-electron chi connectivity index (χ2n) is 9.26. The predicted molar refractivity (Wildman–Crippen MR) is 88.1 cm³/mol. The molecule has 0 aliphatic heterocycles. The Labute approximate surface area is 176 Å². The van der Waals surface area contributed by atoms with Crippen LogP contribution in [0.25, 0.3) is 0 Å². The number of carbonyl (C=O) groups is 2. The van der Waals surface area contributed by atoms with E-state index < -0.39 is 23.1 Å². The molecule has 0 spiro atoms. The smallest absolute Gasteiger partial charge is 0.547 e. The molecule has 3 fully saturated rings. The molecule has 0 heterocycles. The number of aliphatic hydroxyl groups excluding tert-OH is 1. The molecule has 3 saturated carbocycles. The molecular formula is C20H27NaO5. The van der Waals surface area contributed by atoms with E-state index in [-0.39, 0.29) is 71.4 Å². The zero-order valence-electron chi connectivity index (χ0n) is 16.0. The Balaban J connectivity index is 0.00000196. The molecule has 7 atom stereocenters. The molecule has 5 nitrogen and oxygen atoms in total. The molecule has 6 heteroatoms. The van der Waals surface area contributed by atoms with Gasteiger partial charge in [-0.05, 0) is 67.8 Å². The Morgan fingerprint density at radius 2 is 1.92 bits per heavy atom. The van der Waals surface area contributed by atoms with Crippen molar-refractivity contribution in [3.8, 4) is 0 Å². The van der Waals surface area contributed by atoms with Crippen LogP contribution < -0.4 is 34.7 Å². The minimum Gasteiger partial charge on any atom is -0.547 e. The summed E-state index contributed by atoms with van der Waals surface area (Å²) in [6.07, 6.45) is 5.19. The van der Waals surface area contributed by atoms with Crippen LogP contribution in [0.1, 0.15) is 58.8 Å². The third-order valence-electron chi connectivity index (χ3n) is 8.39. The number of carbonyl (C=O) groups excluding carboxylic acids is 2. The number of aliphatic carboxylic acids is 1. The first-order chi connectivity index (χ1) is 11.6. The summed E-state index contributed by atoms with van der Waals surface area (Å²) in [4.78, 5) is 23.5. The van der Waals surface area contributed by atoms with E-state index in [0.29, 0.717) is 12.8 Å². The Hall–Kier alpha value is -0.200. The van der Waals surface area contributed by atoms with Crippen LogP contribution in [-0.4, -0.2) is 33.7 Å². The molecule has 0 radical (unpaired) electrons. The van der Waals surface area contributed by atoms with Crippen LogP contribution in [0.2, 0.25) is 0 Å². The first-order valence-corrected chi connectivity index (χ1v) is 9.49. The Morgan fingerprint density at radius 3 is 2.58 bits per heavy atom. The second-order valence-corrected chi connectivity index (χ2v) is 9.26. The summed E-state index contributed by atoms with van der Waals surface area (Å²) in [5, 5.41) is 33.6. The van der Waals surface area contributed by atoms with Crippen LogP contribution >= 0.6 is 0 Å². The topological polar surface area (TPSA) is 97.7 Å². The molecule has 0 aromatic heterocycles. The van der Waals surface area contributed by atoms with Gasteiger partial charge in [-0.2, -0.15) is 0 Å². The average Bonchev–Trinajstić information content (AvgIpc) is 2.80. The number of carboxylic acid groups (broad SMARTS) is 1. The number of hydrogen-bond donors (Lipinski definition) is 2. The first kappa shape index (κ1) is 20.5. The molecule has 0 amide bonds. The zero-order valence-corrected chi connectivity index (χ0v) is 18.0. The molecule has 26 heavy (non-hydrogen) atoms. The van der Waals surface area contributed by atoms with Crippen LogP contribution in [0.4, 0.5) is 0 Å². The SMILES string of the molecule is C[C@]12CCC(=O)C=C1CCC1C2[C@@H](O)C[C@@]2(C)C1CC[C@]2(O)C(=O)[O-].[Na+]. The summed E-state index contributed by atoms with van der Waals surface area (Å²) in [6, 6.07) is 0. The maximum atomic E-state index is 11.9. The van der Waals surface area contributed by atoms with Gasteiger partial charge in [0.2, 0.25) is 0 Å². The van der Waals surface area contributed by atoms with E-state index in [1.54, 1.807) is 6.08 Å². The van der Waals surface area contributed by atoms with Gasteiger partial charge in [-0.15, -0.1) is 0 Å². The Bertz CT molecular complexity index is 675. The van der Waals surface area contributed by atoms with Gasteiger partial charge in [0.15, 0.2) is 5.78 Å². The zero-order chi connectivity index (χ0) is 18.2. The largest absolute Gasteiger partial charge is 1.00 e. The van der Waals surface area contributed by atoms with E-state index in [9.17, 15) is 24.9 Å². The van der Waals surface area contributed by atoms with Crippen LogP contribution in [0, 0.1) is 28.6 Å². The summed E-state index contributed by atoms with van der Waals surface area (Å²) in [5.74, 6) is -0.956. The van der Waals surface area contributed by atoms with Gasteiger partial charge in [-0.3, -0.25) is 4.79 Å². The van der Waals surface area contributed by atoms with Crippen molar-refractivity contribution in [3.05, 3.63) is 11.6 Å². The summed E-state index contributed by atoms with van der Waals surface area (Å²) < 4.78 is 0. The molecule has 2 N–H and O–H groups in total. The third-order valence-corrected chi connectivity index (χ3v) is 8.39. The number of carboxylic acids is 1. The van der Waals surface area contributed by atoms with Crippen molar-refractivity contribution in [2.24, 2.45) is 28.6 Å². The molecule has 3 unspecified atom stereocenters. The van der Waals surface area contributed by atoms with Crippen molar-refractivity contribution in [2.45, 2.75) is 70.5 Å². The van der Waals surface area contributed by atoms with Crippen molar-refractivity contribution in [2.75, 3.05) is 0 Å². The second kappa shape index (κ2) is 6.41. The normalized spacial score (nSPS) is 50.0. The van der Waals surface area contributed by atoms with E-state index in [0.717, 1.165) is 24.8 Å². The molecule has 4 aliphatic carbocycles.